The van der Waals surface area contributed by atoms with Gasteiger partial charge in [0.2, 0.25) is 0 Å². The summed E-state index contributed by atoms with van der Waals surface area (Å²) in [5.74, 6) is 0.569. The summed E-state index contributed by atoms with van der Waals surface area (Å²) in [6.45, 7) is 0. The van der Waals surface area contributed by atoms with Crippen molar-refractivity contribution in [1.29, 1.82) is 0 Å². The van der Waals surface area contributed by atoms with Crippen molar-refractivity contribution >= 4 is 21.7 Å². The van der Waals surface area contributed by atoms with Crippen molar-refractivity contribution in [2.45, 2.75) is 6.42 Å². The van der Waals surface area contributed by atoms with Crippen LogP contribution in [0.4, 0.5) is 0 Å². The second-order valence-corrected chi connectivity index (χ2v) is 4.20. The SMILES string of the molecule is O=C(Cc1ncc(Br)cn1)c1ccccc1. The lowest BCUT2D eigenvalue weighted by Gasteiger charge is -1.99. The Hall–Kier alpha value is -1.55. The molecule has 0 bridgehead atoms. The van der Waals surface area contributed by atoms with Gasteiger partial charge in [0, 0.05) is 18.0 Å². The van der Waals surface area contributed by atoms with E-state index in [0.29, 0.717) is 11.4 Å². The van der Waals surface area contributed by atoms with Crippen LogP contribution in [0.2, 0.25) is 0 Å². The largest absolute Gasteiger partial charge is 0.294 e. The smallest absolute Gasteiger partial charge is 0.170 e. The molecule has 0 saturated heterocycles. The van der Waals surface area contributed by atoms with Crippen LogP contribution >= 0.6 is 15.9 Å². The van der Waals surface area contributed by atoms with Crippen molar-refractivity contribution in [3.63, 3.8) is 0 Å². The number of hydrogen-bond donors (Lipinski definition) is 0. The Morgan fingerprint density at radius 3 is 2.38 bits per heavy atom. The van der Waals surface area contributed by atoms with E-state index in [4.69, 9.17) is 0 Å². The number of carbonyl (C=O) groups excluding carboxylic acids is 1. The molecule has 0 aliphatic rings. The Morgan fingerprint density at radius 2 is 1.75 bits per heavy atom. The third kappa shape index (κ3) is 2.73. The van der Waals surface area contributed by atoms with Crippen molar-refractivity contribution in [2.24, 2.45) is 0 Å². The van der Waals surface area contributed by atoms with Gasteiger partial charge in [-0.3, -0.25) is 4.79 Å². The molecule has 0 aliphatic carbocycles. The van der Waals surface area contributed by atoms with E-state index in [-0.39, 0.29) is 12.2 Å². The summed E-state index contributed by atoms with van der Waals surface area (Å²) in [6.07, 6.45) is 3.51. The van der Waals surface area contributed by atoms with Crippen LogP contribution < -0.4 is 0 Å². The van der Waals surface area contributed by atoms with Crippen LogP contribution in [0.3, 0.4) is 0 Å². The number of rotatable bonds is 3. The van der Waals surface area contributed by atoms with Gasteiger partial charge in [-0.15, -0.1) is 0 Å². The first-order chi connectivity index (χ1) is 7.75. The molecule has 80 valence electrons. The van der Waals surface area contributed by atoms with Gasteiger partial charge < -0.3 is 0 Å². The first kappa shape index (κ1) is 11.0. The van der Waals surface area contributed by atoms with Gasteiger partial charge in [0.05, 0.1) is 10.9 Å². The Kier molecular flexibility index (Phi) is 3.41. The van der Waals surface area contributed by atoms with Crippen molar-refractivity contribution in [3.05, 3.63) is 58.6 Å². The number of carbonyl (C=O) groups is 1. The molecule has 0 amide bonds. The molecular weight excluding hydrogens is 268 g/mol. The van der Waals surface area contributed by atoms with E-state index in [0.717, 1.165) is 4.47 Å². The highest BCUT2D eigenvalue weighted by atomic mass is 79.9. The molecule has 4 heteroatoms. The zero-order valence-corrected chi connectivity index (χ0v) is 10.0. The molecule has 0 fully saturated rings. The lowest BCUT2D eigenvalue weighted by molar-refractivity contribution is 0.0991. The minimum Gasteiger partial charge on any atom is -0.294 e. The maximum Gasteiger partial charge on any atom is 0.170 e. The summed E-state index contributed by atoms with van der Waals surface area (Å²) in [5, 5.41) is 0. The number of halogens is 1. The fraction of sp³-hybridized carbons (Fsp3) is 0.0833. The van der Waals surface area contributed by atoms with E-state index in [1.807, 2.05) is 18.2 Å². The third-order valence-corrected chi connectivity index (χ3v) is 2.50. The van der Waals surface area contributed by atoms with Crippen LogP contribution in [0.5, 0.6) is 0 Å². The Morgan fingerprint density at radius 1 is 1.12 bits per heavy atom. The van der Waals surface area contributed by atoms with Crippen molar-refractivity contribution < 1.29 is 4.79 Å². The average molecular weight is 277 g/mol. The normalized spacial score (nSPS) is 10.1. The molecule has 1 aromatic carbocycles. The monoisotopic (exact) mass is 276 g/mol. The molecule has 0 unspecified atom stereocenters. The summed E-state index contributed by atoms with van der Waals surface area (Å²) in [7, 11) is 0. The second kappa shape index (κ2) is 4.99. The molecule has 16 heavy (non-hydrogen) atoms. The standard InChI is InChI=1S/C12H9BrN2O/c13-10-7-14-12(15-8-10)6-11(16)9-4-2-1-3-5-9/h1-5,7-8H,6H2. The predicted octanol–water partition coefficient (Wildman–Crippen LogP) is 2.66. The molecule has 0 aliphatic heterocycles. The number of benzene rings is 1. The summed E-state index contributed by atoms with van der Waals surface area (Å²) in [6, 6.07) is 9.15. The summed E-state index contributed by atoms with van der Waals surface area (Å²) in [4.78, 5) is 19.9. The minimum atomic E-state index is 0.0305. The van der Waals surface area contributed by atoms with E-state index < -0.39 is 0 Å². The molecule has 2 rings (SSSR count). The lowest BCUT2D eigenvalue weighted by Crippen LogP contribution is -2.06. The Bertz CT molecular complexity index is 482. The first-order valence-electron chi connectivity index (χ1n) is 4.80. The topological polar surface area (TPSA) is 42.9 Å². The number of hydrogen-bond acceptors (Lipinski definition) is 3. The number of nitrogens with zero attached hydrogens (tertiary/aromatic N) is 2. The molecule has 3 nitrogen and oxygen atoms in total. The fourth-order valence-corrected chi connectivity index (χ4v) is 1.50. The predicted molar refractivity (Wildman–Crippen MR) is 64.2 cm³/mol. The number of Topliss-reactive ketones (excluding diaryl/α,β-unsaturated/α-hetero) is 1. The quantitative estimate of drug-likeness (QED) is 0.810. The molecule has 0 N–H and O–H groups in total. The summed E-state index contributed by atoms with van der Waals surface area (Å²) < 4.78 is 0.809. The lowest BCUT2D eigenvalue weighted by atomic mass is 10.1. The highest BCUT2D eigenvalue weighted by Gasteiger charge is 2.07. The van der Waals surface area contributed by atoms with Crippen LogP contribution in [0.25, 0.3) is 0 Å². The van der Waals surface area contributed by atoms with Crippen LogP contribution in [0.15, 0.2) is 47.2 Å². The van der Waals surface area contributed by atoms with Crippen LogP contribution in [-0.2, 0) is 6.42 Å². The van der Waals surface area contributed by atoms with Gasteiger partial charge in [0.1, 0.15) is 5.82 Å². The van der Waals surface area contributed by atoms with Crippen molar-refractivity contribution in [1.82, 2.24) is 9.97 Å². The minimum absolute atomic E-state index is 0.0305. The maximum atomic E-state index is 11.8. The number of aromatic nitrogens is 2. The highest BCUT2D eigenvalue weighted by molar-refractivity contribution is 9.10. The van der Waals surface area contributed by atoms with Gasteiger partial charge in [-0.05, 0) is 15.9 Å². The van der Waals surface area contributed by atoms with E-state index in [9.17, 15) is 4.79 Å². The first-order valence-corrected chi connectivity index (χ1v) is 5.59. The van der Waals surface area contributed by atoms with Crippen molar-refractivity contribution in [2.75, 3.05) is 0 Å². The van der Waals surface area contributed by atoms with Gasteiger partial charge >= 0.3 is 0 Å². The van der Waals surface area contributed by atoms with Gasteiger partial charge in [-0.2, -0.15) is 0 Å². The van der Waals surface area contributed by atoms with Gasteiger partial charge in [0.25, 0.3) is 0 Å². The zero-order chi connectivity index (χ0) is 11.4. The van der Waals surface area contributed by atoms with E-state index in [1.165, 1.54) is 0 Å². The zero-order valence-electron chi connectivity index (χ0n) is 8.43. The van der Waals surface area contributed by atoms with Crippen LogP contribution in [-0.4, -0.2) is 15.8 Å². The van der Waals surface area contributed by atoms with Gasteiger partial charge in [-0.25, -0.2) is 9.97 Å². The van der Waals surface area contributed by atoms with E-state index in [2.05, 4.69) is 25.9 Å². The number of ketones is 1. The molecule has 0 radical (unpaired) electrons. The molecular formula is C12H9BrN2O. The van der Waals surface area contributed by atoms with E-state index >= 15 is 0 Å². The molecule has 0 spiro atoms. The Labute approximate surface area is 102 Å². The third-order valence-electron chi connectivity index (χ3n) is 2.09. The van der Waals surface area contributed by atoms with Crippen molar-refractivity contribution in [3.8, 4) is 0 Å². The maximum absolute atomic E-state index is 11.8. The second-order valence-electron chi connectivity index (χ2n) is 3.28. The summed E-state index contributed by atoms with van der Waals surface area (Å²) >= 11 is 3.25. The molecule has 0 saturated carbocycles. The molecule has 0 atom stereocenters. The average Bonchev–Trinajstić information content (AvgIpc) is 2.33. The van der Waals surface area contributed by atoms with Gasteiger partial charge in [-0.1, -0.05) is 30.3 Å². The van der Waals surface area contributed by atoms with Gasteiger partial charge in [0.15, 0.2) is 5.78 Å². The molecule has 1 aromatic heterocycles. The fourth-order valence-electron chi connectivity index (χ4n) is 1.30. The van der Waals surface area contributed by atoms with Crippen LogP contribution in [0.1, 0.15) is 16.2 Å². The Balaban J connectivity index is 2.11. The molecule has 1 heterocycles. The van der Waals surface area contributed by atoms with E-state index in [1.54, 1.807) is 24.5 Å². The summed E-state index contributed by atoms with van der Waals surface area (Å²) in [5.41, 5.74) is 0.689. The highest BCUT2D eigenvalue weighted by Crippen LogP contribution is 2.07. The van der Waals surface area contributed by atoms with Crippen LogP contribution in [0, 0.1) is 0 Å². The molecule has 2 aromatic rings.